The number of aryl methyl sites for hydroxylation is 3. The lowest BCUT2D eigenvalue weighted by Gasteiger charge is -2.16. The summed E-state index contributed by atoms with van der Waals surface area (Å²) in [5.74, 6) is 0.914. The summed E-state index contributed by atoms with van der Waals surface area (Å²) >= 11 is 18.1. The van der Waals surface area contributed by atoms with Gasteiger partial charge >= 0.3 is 0 Å². The van der Waals surface area contributed by atoms with E-state index in [0.717, 1.165) is 5.56 Å². The third-order valence-electron chi connectivity index (χ3n) is 3.43. The molecule has 0 fully saturated rings. The number of alkyl halides is 1. The van der Waals surface area contributed by atoms with Crippen molar-refractivity contribution < 1.29 is 4.74 Å². The van der Waals surface area contributed by atoms with Gasteiger partial charge in [0.05, 0.1) is 10.9 Å². The molecule has 0 bridgehead atoms. The topological polar surface area (TPSA) is 9.23 Å². The molecule has 21 heavy (non-hydrogen) atoms. The minimum absolute atomic E-state index is 0.307. The molecule has 0 N–H and O–H groups in total. The number of rotatable bonds is 4. The van der Waals surface area contributed by atoms with Crippen LogP contribution >= 0.6 is 34.8 Å². The van der Waals surface area contributed by atoms with Gasteiger partial charge in [-0.25, -0.2) is 0 Å². The first kappa shape index (κ1) is 16.5. The molecule has 0 aliphatic rings. The van der Waals surface area contributed by atoms with E-state index in [1.165, 1.54) is 22.3 Å². The highest BCUT2D eigenvalue weighted by Crippen LogP contribution is 2.34. The molecule has 112 valence electrons. The third-order valence-corrected chi connectivity index (χ3v) is 4.22. The predicted octanol–water partition coefficient (Wildman–Crippen LogP) is 6.24. The molecule has 0 heterocycles. The molecule has 0 saturated heterocycles. The monoisotopic (exact) mass is 342 g/mol. The van der Waals surface area contributed by atoms with Crippen molar-refractivity contribution in [3.63, 3.8) is 0 Å². The molecular formula is C17H17Cl3O. The second-order valence-electron chi connectivity index (χ2n) is 5.18. The van der Waals surface area contributed by atoms with Crippen molar-refractivity contribution in [3.8, 4) is 5.75 Å². The Morgan fingerprint density at radius 2 is 1.57 bits per heavy atom. The maximum atomic E-state index is 6.22. The highest BCUT2D eigenvalue weighted by atomic mass is 35.5. The molecule has 0 saturated carbocycles. The number of ether oxygens (including phenoxy) is 1. The zero-order valence-corrected chi connectivity index (χ0v) is 14.5. The van der Waals surface area contributed by atoms with Crippen LogP contribution < -0.4 is 4.74 Å². The first-order valence-corrected chi connectivity index (χ1v) is 7.94. The van der Waals surface area contributed by atoms with Crippen LogP contribution in [0.2, 0.25) is 10.0 Å². The minimum Gasteiger partial charge on any atom is -0.487 e. The SMILES string of the molecule is Cc1cc(C)c(COc2c(Cl)cc(Cl)cc2CCl)c(C)c1. The van der Waals surface area contributed by atoms with Crippen LogP contribution in [0.5, 0.6) is 5.75 Å². The predicted molar refractivity (Wildman–Crippen MR) is 91.0 cm³/mol. The first-order valence-electron chi connectivity index (χ1n) is 6.65. The van der Waals surface area contributed by atoms with E-state index in [1.807, 2.05) is 0 Å². The second kappa shape index (κ2) is 6.91. The molecule has 4 heteroatoms. The fourth-order valence-electron chi connectivity index (χ4n) is 2.46. The van der Waals surface area contributed by atoms with Gasteiger partial charge in [0.2, 0.25) is 0 Å². The Balaban J connectivity index is 2.29. The number of halogens is 3. The van der Waals surface area contributed by atoms with Gasteiger partial charge in [-0.1, -0.05) is 40.9 Å². The molecule has 2 aromatic rings. The molecule has 0 radical (unpaired) electrons. The van der Waals surface area contributed by atoms with E-state index in [-0.39, 0.29) is 0 Å². The van der Waals surface area contributed by atoms with Crippen molar-refractivity contribution in [2.45, 2.75) is 33.3 Å². The van der Waals surface area contributed by atoms with Gasteiger partial charge in [0, 0.05) is 10.6 Å². The molecule has 0 aliphatic carbocycles. The average Bonchev–Trinajstić information content (AvgIpc) is 2.38. The van der Waals surface area contributed by atoms with Crippen LogP contribution in [0.3, 0.4) is 0 Å². The van der Waals surface area contributed by atoms with Crippen LogP contribution in [-0.4, -0.2) is 0 Å². The molecular weight excluding hydrogens is 327 g/mol. The van der Waals surface area contributed by atoms with Gasteiger partial charge in [-0.3, -0.25) is 0 Å². The Kier molecular flexibility index (Phi) is 5.43. The maximum Gasteiger partial charge on any atom is 0.142 e. The molecule has 0 spiro atoms. The number of hydrogen-bond acceptors (Lipinski definition) is 1. The summed E-state index contributed by atoms with van der Waals surface area (Å²) in [5.41, 5.74) is 5.65. The van der Waals surface area contributed by atoms with E-state index < -0.39 is 0 Å². The van der Waals surface area contributed by atoms with E-state index >= 15 is 0 Å². The Morgan fingerprint density at radius 1 is 0.952 bits per heavy atom. The van der Waals surface area contributed by atoms with Crippen molar-refractivity contribution in [1.82, 2.24) is 0 Å². The van der Waals surface area contributed by atoms with Gasteiger partial charge in [-0.2, -0.15) is 0 Å². The van der Waals surface area contributed by atoms with Crippen molar-refractivity contribution in [3.05, 3.63) is 62.1 Å². The molecule has 2 rings (SSSR count). The smallest absolute Gasteiger partial charge is 0.142 e. The Morgan fingerprint density at radius 3 is 2.14 bits per heavy atom. The van der Waals surface area contributed by atoms with E-state index in [1.54, 1.807) is 12.1 Å². The van der Waals surface area contributed by atoms with Crippen molar-refractivity contribution in [1.29, 1.82) is 0 Å². The van der Waals surface area contributed by atoms with Crippen molar-refractivity contribution in [2.24, 2.45) is 0 Å². The van der Waals surface area contributed by atoms with Crippen molar-refractivity contribution >= 4 is 34.8 Å². The summed E-state index contributed by atoms with van der Waals surface area (Å²) in [5, 5.41) is 1.05. The van der Waals surface area contributed by atoms with E-state index in [0.29, 0.717) is 28.3 Å². The molecule has 0 aliphatic heterocycles. The maximum absolute atomic E-state index is 6.22. The van der Waals surface area contributed by atoms with Crippen LogP contribution in [0.1, 0.15) is 27.8 Å². The van der Waals surface area contributed by atoms with Crippen LogP contribution in [-0.2, 0) is 12.5 Å². The minimum atomic E-state index is 0.307. The number of hydrogen-bond donors (Lipinski definition) is 0. The fraction of sp³-hybridized carbons (Fsp3) is 0.294. The van der Waals surface area contributed by atoms with Gasteiger partial charge in [0.1, 0.15) is 12.4 Å². The van der Waals surface area contributed by atoms with E-state index in [4.69, 9.17) is 39.5 Å². The van der Waals surface area contributed by atoms with E-state index in [9.17, 15) is 0 Å². The summed E-state index contributed by atoms with van der Waals surface area (Å²) < 4.78 is 5.93. The van der Waals surface area contributed by atoms with E-state index in [2.05, 4.69) is 32.9 Å². The Bertz CT molecular complexity index is 642. The molecule has 1 nitrogen and oxygen atoms in total. The summed E-state index contributed by atoms with van der Waals surface area (Å²) in [4.78, 5) is 0. The summed E-state index contributed by atoms with van der Waals surface area (Å²) in [6.07, 6.45) is 0. The van der Waals surface area contributed by atoms with Crippen LogP contribution in [0.4, 0.5) is 0 Å². The van der Waals surface area contributed by atoms with Crippen LogP contribution in [0.25, 0.3) is 0 Å². The van der Waals surface area contributed by atoms with Gasteiger partial charge in [0.25, 0.3) is 0 Å². The zero-order valence-electron chi connectivity index (χ0n) is 12.3. The summed E-state index contributed by atoms with van der Waals surface area (Å²) in [6.45, 7) is 6.73. The zero-order chi connectivity index (χ0) is 15.6. The highest BCUT2D eigenvalue weighted by molar-refractivity contribution is 6.36. The molecule has 0 aromatic heterocycles. The van der Waals surface area contributed by atoms with Crippen LogP contribution in [0, 0.1) is 20.8 Å². The summed E-state index contributed by atoms with van der Waals surface area (Å²) in [6, 6.07) is 7.75. The van der Waals surface area contributed by atoms with Gasteiger partial charge < -0.3 is 4.74 Å². The molecule has 0 unspecified atom stereocenters. The number of benzene rings is 2. The standard InChI is InChI=1S/C17H17Cl3O/c1-10-4-11(2)15(12(3)5-10)9-21-17-13(8-18)6-14(19)7-16(17)20/h4-7H,8-9H2,1-3H3. The quantitative estimate of drug-likeness (QED) is 0.597. The highest BCUT2D eigenvalue weighted by Gasteiger charge is 2.12. The Labute approximate surface area is 140 Å². The fourth-order valence-corrected chi connectivity index (χ4v) is 3.25. The Hall–Kier alpha value is -0.890. The van der Waals surface area contributed by atoms with Gasteiger partial charge in [-0.15, -0.1) is 11.6 Å². The lowest BCUT2D eigenvalue weighted by molar-refractivity contribution is 0.302. The lowest BCUT2D eigenvalue weighted by Crippen LogP contribution is -2.03. The first-order chi connectivity index (χ1) is 9.92. The van der Waals surface area contributed by atoms with Crippen LogP contribution in [0.15, 0.2) is 24.3 Å². The van der Waals surface area contributed by atoms with Crippen molar-refractivity contribution in [2.75, 3.05) is 0 Å². The normalized spacial score (nSPS) is 10.8. The third kappa shape index (κ3) is 3.85. The van der Waals surface area contributed by atoms with Gasteiger partial charge in [-0.05, 0) is 49.6 Å². The lowest BCUT2D eigenvalue weighted by atomic mass is 10.0. The molecule has 0 amide bonds. The molecule has 2 aromatic carbocycles. The average molecular weight is 344 g/mol. The molecule has 0 atom stereocenters. The van der Waals surface area contributed by atoms with Gasteiger partial charge in [0.15, 0.2) is 0 Å². The second-order valence-corrected chi connectivity index (χ2v) is 6.29. The summed E-state index contributed by atoms with van der Waals surface area (Å²) in [7, 11) is 0. The largest absolute Gasteiger partial charge is 0.487 e.